The van der Waals surface area contributed by atoms with Gasteiger partial charge < -0.3 is 4.74 Å². The number of hydrogen-bond acceptors (Lipinski definition) is 2. The van der Waals surface area contributed by atoms with Gasteiger partial charge in [-0.15, -0.1) is 0 Å². The molecule has 0 saturated heterocycles. The summed E-state index contributed by atoms with van der Waals surface area (Å²) in [5.74, 6) is 0.130. The molecule has 2 aromatic carbocycles. The van der Waals surface area contributed by atoms with Crippen LogP contribution in [0.4, 0.5) is 0 Å². The van der Waals surface area contributed by atoms with Crippen LogP contribution in [0, 0.1) is 12.8 Å². The summed E-state index contributed by atoms with van der Waals surface area (Å²) in [7, 11) is -0.0521. The number of carbonyl (C=O) groups is 1. The summed E-state index contributed by atoms with van der Waals surface area (Å²) in [4.78, 5) is 15.3. The maximum atomic E-state index is 12.7. The smallest absolute Gasteiger partial charge is 0.338 e. The highest BCUT2D eigenvalue weighted by molar-refractivity contribution is 7.45. The topological polar surface area (TPSA) is 26.3 Å². The number of hydrogen-bond donors (Lipinski definition) is 0. The predicted octanol–water partition coefficient (Wildman–Crippen LogP) is 6.79. The van der Waals surface area contributed by atoms with Crippen LogP contribution < -0.4 is 0 Å². The second kappa shape index (κ2) is 6.97. The summed E-state index contributed by atoms with van der Waals surface area (Å²) >= 11 is 0. The summed E-state index contributed by atoms with van der Waals surface area (Å²) < 4.78 is 7.22. The van der Waals surface area contributed by atoms with Crippen LogP contribution in [0.5, 0.6) is 0 Å². The van der Waals surface area contributed by atoms with E-state index in [1.165, 1.54) is 19.9 Å². The normalized spacial score (nSPS) is 15.4. The van der Waals surface area contributed by atoms with E-state index in [0.29, 0.717) is 11.5 Å². The van der Waals surface area contributed by atoms with Gasteiger partial charge in [-0.05, 0) is 63.1 Å². The Morgan fingerprint density at radius 1 is 1.04 bits per heavy atom. The molecule has 3 heteroatoms. The van der Waals surface area contributed by atoms with E-state index in [-0.39, 0.29) is 16.4 Å². The van der Waals surface area contributed by atoms with Gasteiger partial charge in [0.05, 0.1) is 5.56 Å². The Balaban J connectivity index is 1.57. The lowest BCUT2D eigenvalue weighted by Gasteiger charge is -2.31. The molecule has 1 heterocycles. The predicted molar refractivity (Wildman–Crippen MR) is 114 cm³/mol. The van der Waals surface area contributed by atoms with Crippen molar-refractivity contribution in [3.05, 3.63) is 77.2 Å². The molecule has 1 aliphatic carbocycles. The number of benzene rings is 2. The minimum atomic E-state index is -0.454. The van der Waals surface area contributed by atoms with E-state index in [2.05, 4.69) is 61.5 Å². The minimum absolute atomic E-state index is 0.0521. The third-order valence-electron chi connectivity index (χ3n) is 5.49. The Labute approximate surface area is 163 Å². The minimum Gasteiger partial charge on any atom is -0.456 e. The molecule has 3 aromatic rings. The van der Waals surface area contributed by atoms with Gasteiger partial charge in [0.2, 0.25) is 0 Å². The van der Waals surface area contributed by atoms with Gasteiger partial charge in [0, 0.05) is 34.8 Å². The van der Waals surface area contributed by atoms with Crippen molar-refractivity contribution in [3.63, 3.8) is 0 Å². The Morgan fingerprint density at radius 3 is 2.41 bits per heavy atom. The maximum Gasteiger partial charge on any atom is 0.338 e. The molecule has 0 N–H and O–H groups in total. The van der Waals surface area contributed by atoms with E-state index in [0.717, 1.165) is 12.8 Å². The van der Waals surface area contributed by atoms with Crippen LogP contribution in [0.25, 0.3) is 15.0 Å². The average Bonchev–Trinajstić information content (AvgIpc) is 3.29. The standard InChI is InChI=1S/C24H25O2S/c1-17-16-19-8-4-7-11-22(19)27(17)21-14-12-18(13-15-21)23(25)26-24(2,3)20-9-5-6-10-20/h4-8,11-16,20H,9-10H2,1-3H3/q+1. The first-order chi connectivity index (χ1) is 13.0. The molecule has 0 fully saturated rings. The van der Waals surface area contributed by atoms with Crippen LogP contribution in [0.2, 0.25) is 0 Å². The highest BCUT2D eigenvalue weighted by Gasteiger charge is 2.34. The van der Waals surface area contributed by atoms with Crippen molar-refractivity contribution in [1.29, 1.82) is 0 Å². The molecule has 0 spiro atoms. The van der Waals surface area contributed by atoms with Crippen LogP contribution in [-0.4, -0.2) is 11.6 Å². The Hall–Kier alpha value is -2.39. The van der Waals surface area contributed by atoms with Crippen LogP contribution in [0.1, 0.15) is 41.9 Å². The van der Waals surface area contributed by atoms with E-state index in [4.69, 9.17) is 4.74 Å². The molecule has 1 aromatic heterocycles. The number of rotatable bonds is 4. The fourth-order valence-electron chi connectivity index (χ4n) is 3.84. The molecule has 4 rings (SSSR count). The number of carbonyl (C=O) groups excluding carboxylic acids is 1. The van der Waals surface area contributed by atoms with Crippen molar-refractivity contribution in [3.8, 4) is 4.90 Å². The van der Waals surface area contributed by atoms with Crippen molar-refractivity contribution in [2.24, 2.45) is 5.92 Å². The summed E-state index contributed by atoms with van der Waals surface area (Å²) in [5, 5.41) is 1.30. The van der Waals surface area contributed by atoms with Gasteiger partial charge in [-0.1, -0.05) is 24.3 Å². The average molecular weight is 378 g/mol. The summed E-state index contributed by atoms with van der Waals surface area (Å²) in [6.45, 7) is 6.22. The molecule has 0 amide bonds. The number of fused-ring (bicyclic) bond motifs is 1. The van der Waals surface area contributed by atoms with Crippen LogP contribution in [-0.2, 0) is 4.74 Å². The lowest BCUT2D eigenvalue weighted by Crippen LogP contribution is -2.35. The molecule has 1 atom stereocenters. The maximum absolute atomic E-state index is 12.7. The molecule has 138 valence electrons. The second-order valence-corrected chi connectivity index (χ2v) is 9.92. The number of ether oxygens (including phenoxy) is 1. The van der Waals surface area contributed by atoms with Gasteiger partial charge in [-0.3, -0.25) is 0 Å². The molecular formula is C24H25O2S+. The van der Waals surface area contributed by atoms with Crippen molar-refractivity contribution in [2.75, 3.05) is 0 Å². The van der Waals surface area contributed by atoms with Crippen LogP contribution in [0.3, 0.4) is 0 Å². The molecule has 27 heavy (non-hydrogen) atoms. The summed E-state index contributed by atoms with van der Waals surface area (Å²) in [6.07, 6.45) is 6.30. The zero-order valence-electron chi connectivity index (χ0n) is 16.1. The Kier molecular flexibility index (Phi) is 4.65. The fourth-order valence-corrected chi connectivity index (χ4v) is 6.05. The summed E-state index contributed by atoms with van der Waals surface area (Å²) in [6, 6.07) is 18.8. The molecule has 0 aliphatic heterocycles. The summed E-state index contributed by atoms with van der Waals surface area (Å²) in [5.41, 5.74) is 0.167. The van der Waals surface area contributed by atoms with Gasteiger partial charge in [-0.2, -0.15) is 0 Å². The number of aryl methyl sites for hydroxylation is 1. The van der Waals surface area contributed by atoms with Crippen molar-refractivity contribution >= 4 is 26.5 Å². The molecule has 2 nitrogen and oxygen atoms in total. The second-order valence-electron chi connectivity index (χ2n) is 7.76. The lowest BCUT2D eigenvalue weighted by molar-refractivity contribution is -0.0273. The number of esters is 1. The first-order valence-corrected chi connectivity index (χ1v) is 10.7. The lowest BCUT2D eigenvalue weighted by atomic mass is 9.88. The monoisotopic (exact) mass is 377 g/mol. The van der Waals surface area contributed by atoms with E-state index in [1.54, 1.807) is 0 Å². The van der Waals surface area contributed by atoms with Crippen LogP contribution in [0.15, 0.2) is 66.7 Å². The zero-order valence-corrected chi connectivity index (χ0v) is 16.9. The highest BCUT2D eigenvalue weighted by Crippen LogP contribution is 2.43. The van der Waals surface area contributed by atoms with Gasteiger partial charge >= 0.3 is 5.97 Å². The third-order valence-corrected chi connectivity index (χ3v) is 7.81. The van der Waals surface area contributed by atoms with E-state index < -0.39 is 5.60 Å². The van der Waals surface area contributed by atoms with Gasteiger partial charge in [0.15, 0.2) is 14.5 Å². The number of allylic oxidation sites excluding steroid dienone is 2. The SMILES string of the molecule is Cc1cc2ccccc2[s+]1-c1ccc(C(=O)OC(C)(C)C2CC=CC2)cc1. The zero-order chi connectivity index (χ0) is 19.0. The van der Waals surface area contributed by atoms with E-state index in [9.17, 15) is 4.79 Å². The molecule has 1 aliphatic rings. The van der Waals surface area contributed by atoms with Crippen molar-refractivity contribution in [1.82, 2.24) is 0 Å². The highest BCUT2D eigenvalue weighted by atomic mass is 32.2. The van der Waals surface area contributed by atoms with E-state index in [1.807, 2.05) is 26.0 Å². The van der Waals surface area contributed by atoms with E-state index >= 15 is 0 Å². The van der Waals surface area contributed by atoms with Crippen molar-refractivity contribution < 1.29 is 9.53 Å². The Bertz CT molecular complexity index is 1000. The van der Waals surface area contributed by atoms with Gasteiger partial charge in [0.25, 0.3) is 0 Å². The largest absolute Gasteiger partial charge is 0.456 e. The Morgan fingerprint density at radius 2 is 1.70 bits per heavy atom. The molecule has 1 unspecified atom stereocenters. The first kappa shape index (κ1) is 18.0. The quantitative estimate of drug-likeness (QED) is 0.284. The van der Waals surface area contributed by atoms with Crippen molar-refractivity contribution in [2.45, 2.75) is 39.2 Å². The molecule has 0 saturated carbocycles. The van der Waals surface area contributed by atoms with Crippen LogP contribution >= 0.6 is 10.5 Å². The third kappa shape index (κ3) is 3.44. The molecular weight excluding hydrogens is 352 g/mol. The fraction of sp³-hybridized carbons (Fsp3) is 0.292. The number of thiophene rings is 1. The molecule has 0 bridgehead atoms. The first-order valence-electron chi connectivity index (χ1n) is 9.46. The molecule has 0 radical (unpaired) electrons. The van der Waals surface area contributed by atoms with Gasteiger partial charge in [-0.25, -0.2) is 4.79 Å². The van der Waals surface area contributed by atoms with Gasteiger partial charge in [0.1, 0.15) is 5.60 Å².